The molecule has 100 valence electrons. The molecule has 0 aliphatic heterocycles. The molecule has 0 saturated carbocycles. The summed E-state index contributed by atoms with van der Waals surface area (Å²) in [6.45, 7) is 0. The van der Waals surface area contributed by atoms with Gasteiger partial charge < -0.3 is 25.2 Å². The van der Waals surface area contributed by atoms with Crippen LogP contribution in [0.4, 0.5) is 0 Å². The molecule has 0 fully saturated rings. The van der Waals surface area contributed by atoms with Gasteiger partial charge in [-0.1, -0.05) is 0 Å². The Labute approximate surface area is 146 Å². The van der Waals surface area contributed by atoms with Crippen LogP contribution in [0.25, 0.3) is 0 Å². The van der Waals surface area contributed by atoms with Crippen LogP contribution in [-0.2, 0) is 28.8 Å². The van der Waals surface area contributed by atoms with Crippen LogP contribution < -0.4 is 56.5 Å². The fraction of sp³-hybridized carbons (Fsp3) is 0. The van der Waals surface area contributed by atoms with E-state index in [0.717, 1.165) is 12.2 Å². The van der Waals surface area contributed by atoms with Crippen LogP contribution in [0.1, 0.15) is 0 Å². The number of rotatable bonds is 0. The van der Waals surface area contributed by atoms with E-state index in [2.05, 4.69) is 0 Å². The van der Waals surface area contributed by atoms with Gasteiger partial charge in [0.1, 0.15) is 0 Å². The number of hydrogen-bond acceptors (Lipinski definition) is 9. The molecule has 0 atom stereocenters. The molecule has 0 heterocycles. The topological polar surface area (TPSA) is 234 Å². The largest absolute Gasteiger partial charge is 1.00 e. The second kappa shape index (κ2) is 25.2. The average molecular weight is 304 g/mol. The summed E-state index contributed by atoms with van der Waals surface area (Å²) < 4.78 is 0. The smallest absolute Gasteiger partial charge is 0.539 e. The molecule has 12 nitrogen and oxygen atoms in total. The molecule has 0 aromatic heterocycles. The molecule has 0 rings (SSSR count). The van der Waals surface area contributed by atoms with E-state index >= 15 is 0 Å². The Balaban J connectivity index is -0.0000000476. The first kappa shape index (κ1) is 30.4. The zero-order valence-electron chi connectivity index (χ0n) is 9.20. The van der Waals surface area contributed by atoms with Crippen LogP contribution in [0.3, 0.4) is 0 Å². The van der Waals surface area contributed by atoms with Gasteiger partial charge in [-0.2, -0.15) is 0 Å². The van der Waals surface area contributed by atoms with E-state index in [-0.39, 0.29) is 51.4 Å². The van der Waals surface area contributed by atoms with E-state index in [1.165, 1.54) is 0 Å². The maximum Gasteiger partial charge on any atom is 1.00 e. The van der Waals surface area contributed by atoms with Crippen molar-refractivity contribution in [1.29, 1.82) is 10.8 Å². The molecule has 0 radical (unpaired) electrons. The van der Waals surface area contributed by atoms with Gasteiger partial charge in [-0.15, -0.1) is 0 Å². The number of aliphatic carboxylic acids is 4. The normalized spacial score (nSPS) is 5.47. The van der Waals surface area contributed by atoms with Gasteiger partial charge in [-0.3, -0.25) is 0 Å². The first-order valence-corrected chi connectivity index (χ1v) is 3.10. The Morgan fingerprint density at radius 2 is 0.895 bits per heavy atom. The van der Waals surface area contributed by atoms with Gasteiger partial charge in [0, 0.05) is 0 Å². The van der Waals surface area contributed by atoms with Gasteiger partial charge in [0.25, 0.3) is 0 Å². The van der Waals surface area contributed by atoms with Crippen LogP contribution in [0.2, 0.25) is 0 Å². The maximum atomic E-state index is 9.10. The average Bonchev–Trinajstić information content (AvgIpc) is 2.20. The SMILES string of the molecule is N=C=O.N=C=O.O=C(O)C(=O)O.O=C([O-])C(=O)O.[K+]. The zero-order chi connectivity index (χ0) is 15.7. The van der Waals surface area contributed by atoms with Crippen molar-refractivity contribution < 1.29 is 101 Å². The monoisotopic (exact) mass is 304 g/mol. The number of nitrogens with one attached hydrogen (secondary N) is 2. The standard InChI is InChI=1S/2C2H2O4.2CHNO.K/c2*3-1(4)2(5)6;2*2-1-3;/h2*(H,3,4)(H,5,6);2*2H;/q;;;;+1/p-1. The molecule has 0 unspecified atom stereocenters. The van der Waals surface area contributed by atoms with Crippen molar-refractivity contribution in [3.63, 3.8) is 0 Å². The third-order valence-corrected chi connectivity index (χ3v) is 0.358. The van der Waals surface area contributed by atoms with Crippen LogP contribution in [0.15, 0.2) is 0 Å². The molecular weight excluding hydrogens is 299 g/mol. The number of carbonyl (C=O) groups excluding carboxylic acids is 3. The second-order valence-corrected chi connectivity index (χ2v) is 1.41. The summed E-state index contributed by atoms with van der Waals surface area (Å²) >= 11 is 0. The molecule has 5 N–H and O–H groups in total. The van der Waals surface area contributed by atoms with Crippen molar-refractivity contribution in [1.82, 2.24) is 0 Å². The minimum absolute atomic E-state index is 0. The quantitative estimate of drug-likeness (QED) is 0.123. The summed E-state index contributed by atoms with van der Waals surface area (Å²) in [5, 5.41) is 41.9. The van der Waals surface area contributed by atoms with Gasteiger partial charge in [-0.05, 0) is 0 Å². The molecule has 0 aliphatic carbocycles. The van der Waals surface area contributed by atoms with E-state index in [0.29, 0.717) is 0 Å². The molecule has 0 bridgehead atoms. The van der Waals surface area contributed by atoms with Crippen LogP contribution >= 0.6 is 0 Å². The van der Waals surface area contributed by atoms with Gasteiger partial charge in [0.05, 0.1) is 0 Å². The van der Waals surface area contributed by atoms with Gasteiger partial charge >= 0.3 is 69.3 Å². The predicted octanol–water partition coefficient (Wildman–Crippen LogP) is -6.22. The van der Waals surface area contributed by atoms with Crippen LogP contribution in [0.5, 0.6) is 0 Å². The molecule has 19 heavy (non-hydrogen) atoms. The van der Waals surface area contributed by atoms with Crippen LogP contribution in [0, 0.1) is 10.8 Å². The fourth-order valence-electron chi connectivity index (χ4n) is 0. The number of carboxylic acid groups (broad SMARTS) is 4. The molecule has 0 aromatic rings. The Kier molecular flexibility index (Phi) is 40.3. The van der Waals surface area contributed by atoms with E-state index in [4.69, 9.17) is 60.0 Å². The molecular formula is C6H5KN2O10. The maximum absolute atomic E-state index is 9.10. The molecule has 0 amide bonds. The minimum atomic E-state index is -2.07. The van der Waals surface area contributed by atoms with Crippen molar-refractivity contribution >= 4 is 36.0 Å². The Hall–Kier alpha value is -1.72. The van der Waals surface area contributed by atoms with Crippen molar-refractivity contribution in [3.05, 3.63) is 0 Å². The molecule has 0 spiro atoms. The number of carboxylic acids is 4. The molecule has 0 aliphatic rings. The first-order valence-electron chi connectivity index (χ1n) is 3.10. The minimum Gasteiger partial charge on any atom is -0.539 e. The number of carbonyl (C=O) groups is 4. The summed E-state index contributed by atoms with van der Waals surface area (Å²) in [7, 11) is 0. The van der Waals surface area contributed by atoms with Crippen molar-refractivity contribution in [3.8, 4) is 0 Å². The predicted molar refractivity (Wildman–Crippen MR) is 44.7 cm³/mol. The van der Waals surface area contributed by atoms with E-state index < -0.39 is 23.9 Å². The summed E-state index contributed by atoms with van der Waals surface area (Å²) in [4.78, 5) is 52.9. The zero-order valence-corrected chi connectivity index (χ0v) is 12.3. The number of isocyanates is 2. The van der Waals surface area contributed by atoms with E-state index in [1.807, 2.05) is 0 Å². The molecule has 0 aromatic carbocycles. The second-order valence-electron chi connectivity index (χ2n) is 1.41. The van der Waals surface area contributed by atoms with Crippen molar-refractivity contribution in [2.45, 2.75) is 0 Å². The van der Waals surface area contributed by atoms with E-state index in [9.17, 15) is 0 Å². The Morgan fingerprint density at radius 1 is 0.789 bits per heavy atom. The third-order valence-electron chi connectivity index (χ3n) is 0.358. The first-order chi connectivity index (χ1) is 8.11. The summed E-state index contributed by atoms with van der Waals surface area (Å²) in [5.74, 6) is -7.66. The number of hydrogen-bond donors (Lipinski definition) is 5. The van der Waals surface area contributed by atoms with Crippen LogP contribution in [-0.4, -0.2) is 51.4 Å². The Bertz CT molecular complexity index is 306. The van der Waals surface area contributed by atoms with Gasteiger partial charge in [0.15, 0.2) is 5.97 Å². The molecule has 0 saturated heterocycles. The summed E-state index contributed by atoms with van der Waals surface area (Å²) in [6, 6.07) is 0. The fourth-order valence-corrected chi connectivity index (χ4v) is 0. The summed E-state index contributed by atoms with van der Waals surface area (Å²) in [6.07, 6.45) is 1.50. The van der Waals surface area contributed by atoms with Gasteiger partial charge in [0.2, 0.25) is 12.2 Å². The van der Waals surface area contributed by atoms with E-state index in [1.54, 1.807) is 0 Å². The summed E-state index contributed by atoms with van der Waals surface area (Å²) in [5.41, 5.74) is 0. The van der Waals surface area contributed by atoms with Gasteiger partial charge in [-0.25, -0.2) is 34.8 Å². The third kappa shape index (κ3) is 84.2. The Morgan fingerprint density at radius 3 is 0.895 bits per heavy atom. The van der Waals surface area contributed by atoms with Crippen molar-refractivity contribution in [2.24, 2.45) is 0 Å². The van der Waals surface area contributed by atoms with Crippen molar-refractivity contribution in [2.75, 3.05) is 0 Å². The molecule has 13 heteroatoms.